The van der Waals surface area contributed by atoms with Crippen LogP contribution >= 0.6 is 0 Å². The van der Waals surface area contributed by atoms with Gasteiger partial charge in [-0.15, -0.1) is 0 Å². The number of carbonyl (C=O) groups is 3. The molecule has 63 heavy (non-hydrogen) atoms. The van der Waals surface area contributed by atoms with Crippen LogP contribution < -0.4 is 0 Å². The molecule has 0 amide bonds. The minimum Gasteiger partial charge on any atom is -0.462 e. The maximum absolute atomic E-state index is 12.8. The van der Waals surface area contributed by atoms with Crippen molar-refractivity contribution in [2.75, 3.05) is 13.2 Å². The lowest BCUT2D eigenvalue weighted by molar-refractivity contribution is -0.167. The van der Waals surface area contributed by atoms with Crippen LogP contribution in [0.3, 0.4) is 0 Å². The highest BCUT2D eigenvalue weighted by molar-refractivity contribution is 5.71. The Morgan fingerprint density at radius 2 is 0.571 bits per heavy atom. The van der Waals surface area contributed by atoms with Gasteiger partial charge in [0.25, 0.3) is 0 Å². The zero-order valence-electron chi connectivity index (χ0n) is 42.4. The van der Waals surface area contributed by atoms with E-state index in [0.29, 0.717) is 19.3 Å². The number of ether oxygens (including phenoxy) is 3. The number of unbranched alkanes of at least 4 members (excludes halogenated alkanes) is 36. The zero-order valence-corrected chi connectivity index (χ0v) is 42.4. The molecule has 0 unspecified atom stereocenters. The summed E-state index contributed by atoms with van der Waals surface area (Å²) < 4.78 is 16.9. The molecule has 0 saturated carbocycles. The van der Waals surface area contributed by atoms with Crippen molar-refractivity contribution in [1.29, 1.82) is 0 Å². The summed E-state index contributed by atoms with van der Waals surface area (Å²) in [5, 5.41) is 0. The molecular weight excluding hydrogens is 781 g/mol. The Morgan fingerprint density at radius 3 is 0.905 bits per heavy atom. The fraction of sp³-hybridized carbons (Fsp3) is 0.877. The normalized spacial score (nSPS) is 12.1. The lowest BCUT2D eigenvalue weighted by Gasteiger charge is -2.18. The molecule has 370 valence electrons. The van der Waals surface area contributed by atoms with Crippen molar-refractivity contribution < 1.29 is 28.6 Å². The number of carbonyl (C=O) groups excluding carboxylic acids is 3. The van der Waals surface area contributed by atoms with Crippen molar-refractivity contribution >= 4 is 17.9 Å². The van der Waals surface area contributed by atoms with Crippen LogP contribution in [0.25, 0.3) is 0 Å². The minimum absolute atomic E-state index is 0.0683. The van der Waals surface area contributed by atoms with E-state index in [2.05, 4.69) is 45.1 Å². The lowest BCUT2D eigenvalue weighted by atomic mass is 10.0. The minimum atomic E-state index is -0.768. The molecule has 0 aliphatic carbocycles. The Kier molecular flexibility index (Phi) is 50.8. The highest BCUT2D eigenvalue weighted by Crippen LogP contribution is 2.16. The lowest BCUT2D eigenvalue weighted by Crippen LogP contribution is -2.30. The summed E-state index contributed by atoms with van der Waals surface area (Å²) in [6, 6.07) is 0. The van der Waals surface area contributed by atoms with Crippen LogP contribution in [0, 0.1) is 0 Å². The standard InChI is InChI=1S/C57H106O6/c1-4-7-10-13-16-19-22-25-27-28-30-32-35-38-41-44-47-50-56(59)62-53-54(52-61-55(58)49-46-43-40-37-34-31-24-21-18-15-12-9-6-3)63-57(60)51-48-45-42-39-36-33-29-26-23-20-17-14-11-8-5-2/h16,19,25,27,54H,4-15,17-18,20-24,26,28-53H2,1-3H3/b19-16-,27-25-/t54-/m0/s1. The molecule has 1 atom stereocenters. The third kappa shape index (κ3) is 50.7. The van der Waals surface area contributed by atoms with Crippen LogP contribution in [0.5, 0.6) is 0 Å². The quantitative estimate of drug-likeness (QED) is 0.0262. The Labute approximate surface area is 392 Å². The molecule has 0 aliphatic rings. The molecule has 0 aliphatic heterocycles. The Morgan fingerprint density at radius 1 is 0.317 bits per heavy atom. The van der Waals surface area contributed by atoms with Crippen molar-refractivity contribution in [2.24, 2.45) is 0 Å². The largest absolute Gasteiger partial charge is 0.462 e. The van der Waals surface area contributed by atoms with Gasteiger partial charge in [-0.25, -0.2) is 0 Å². The molecule has 0 bridgehead atoms. The molecular formula is C57H106O6. The van der Waals surface area contributed by atoms with Crippen molar-refractivity contribution in [2.45, 2.75) is 309 Å². The maximum Gasteiger partial charge on any atom is 0.306 e. The smallest absolute Gasteiger partial charge is 0.306 e. The molecule has 0 aromatic heterocycles. The number of hydrogen-bond donors (Lipinski definition) is 0. The topological polar surface area (TPSA) is 78.9 Å². The molecule has 0 heterocycles. The van der Waals surface area contributed by atoms with Gasteiger partial charge in [-0.05, 0) is 51.4 Å². The third-order valence-electron chi connectivity index (χ3n) is 12.5. The second-order valence-electron chi connectivity index (χ2n) is 18.9. The van der Waals surface area contributed by atoms with Crippen LogP contribution in [-0.2, 0) is 28.6 Å². The van der Waals surface area contributed by atoms with Crippen LogP contribution in [0.4, 0.5) is 0 Å². The van der Waals surface area contributed by atoms with Gasteiger partial charge in [0.05, 0.1) is 0 Å². The van der Waals surface area contributed by atoms with Crippen molar-refractivity contribution in [3.63, 3.8) is 0 Å². The van der Waals surface area contributed by atoms with Gasteiger partial charge in [-0.1, -0.05) is 257 Å². The summed E-state index contributed by atoms with van der Waals surface area (Å²) in [6.45, 7) is 6.65. The highest BCUT2D eigenvalue weighted by Gasteiger charge is 2.19. The molecule has 0 spiro atoms. The molecule has 0 aromatic rings. The van der Waals surface area contributed by atoms with Crippen molar-refractivity contribution in [3.8, 4) is 0 Å². The Hall–Kier alpha value is -2.11. The number of hydrogen-bond acceptors (Lipinski definition) is 6. The van der Waals surface area contributed by atoms with Gasteiger partial charge in [0, 0.05) is 19.3 Å². The van der Waals surface area contributed by atoms with Gasteiger partial charge in [0.15, 0.2) is 6.10 Å². The van der Waals surface area contributed by atoms with Gasteiger partial charge < -0.3 is 14.2 Å². The van der Waals surface area contributed by atoms with Crippen molar-refractivity contribution in [1.82, 2.24) is 0 Å². The Balaban J connectivity index is 4.33. The van der Waals surface area contributed by atoms with Crippen molar-refractivity contribution in [3.05, 3.63) is 24.3 Å². The van der Waals surface area contributed by atoms with Gasteiger partial charge in [0.2, 0.25) is 0 Å². The van der Waals surface area contributed by atoms with E-state index >= 15 is 0 Å². The van der Waals surface area contributed by atoms with Crippen LogP contribution in [0.1, 0.15) is 303 Å². The first kappa shape index (κ1) is 60.9. The highest BCUT2D eigenvalue weighted by atomic mass is 16.6. The summed E-state index contributed by atoms with van der Waals surface area (Å²) in [6.07, 6.45) is 60.1. The van der Waals surface area contributed by atoms with Gasteiger partial charge in [-0.3, -0.25) is 14.4 Å². The number of rotatable bonds is 51. The average molecular weight is 887 g/mol. The van der Waals surface area contributed by atoms with E-state index in [0.717, 1.165) is 70.6 Å². The molecule has 0 radical (unpaired) electrons. The third-order valence-corrected chi connectivity index (χ3v) is 12.5. The van der Waals surface area contributed by atoms with Gasteiger partial charge in [0.1, 0.15) is 13.2 Å². The van der Waals surface area contributed by atoms with E-state index in [1.807, 2.05) is 0 Å². The van der Waals surface area contributed by atoms with E-state index in [9.17, 15) is 14.4 Å². The van der Waals surface area contributed by atoms with E-state index in [1.54, 1.807) is 0 Å². The van der Waals surface area contributed by atoms with Gasteiger partial charge in [-0.2, -0.15) is 0 Å². The SMILES string of the molecule is CCCCC/C=C\C/C=C\CCCCCCCCCC(=O)OC[C@H](COC(=O)CCCCCCCCCCCCCCC)OC(=O)CCCCCCCCCCCCCCCCC. The summed E-state index contributed by atoms with van der Waals surface area (Å²) in [5.74, 6) is -0.857. The summed E-state index contributed by atoms with van der Waals surface area (Å²) in [5.41, 5.74) is 0. The van der Waals surface area contributed by atoms with E-state index in [1.165, 1.54) is 193 Å². The first-order valence-corrected chi connectivity index (χ1v) is 27.8. The predicted molar refractivity (Wildman–Crippen MR) is 270 cm³/mol. The van der Waals surface area contributed by atoms with Crippen LogP contribution in [0.15, 0.2) is 24.3 Å². The fourth-order valence-electron chi connectivity index (χ4n) is 8.24. The van der Waals surface area contributed by atoms with E-state index < -0.39 is 6.10 Å². The Bertz CT molecular complexity index is 1020. The average Bonchev–Trinajstić information content (AvgIpc) is 3.28. The number of esters is 3. The number of allylic oxidation sites excluding steroid dienone is 4. The molecule has 0 fully saturated rings. The van der Waals surface area contributed by atoms with E-state index in [-0.39, 0.29) is 31.1 Å². The molecule has 0 aromatic carbocycles. The van der Waals surface area contributed by atoms with Crippen LogP contribution in [-0.4, -0.2) is 37.2 Å². The maximum atomic E-state index is 12.8. The molecule has 0 saturated heterocycles. The first-order valence-electron chi connectivity index (χ1n) is 27.8. The molecule has 0 N–H and O–H groups in total. The second kappa shape index (κ2) is 52.5. The molecule has 6 nitrogen and oxygen atoms in total. The summed E-state index contributed by atoms with van der Waals surface area (Å²) in [4.78, 5) is 38.1. The molecule has 6 heteroatoms. The predicted octanol–water partition coefficient (Wildman–Crippen LogP) is 18.3. The summed E-state index contributed by atoms with van der Waals surface area (Å²) in [7, 11) is 0. The second-order valence-corrected chi connectivity index (χ2v) is 18.9. The van der Waals surface area contributed by atoms with Gasteiger partial charge >= 0.3 is 17.9 Å². The zero-order chi connectivity index (χ0) is 45.8. The first-order chi connectivity index (χ1) is 31.0. The monoisotopic (exact) mass is 887 g/mol. The van der Waals surface area contributed by atoms with E-state index in [4.69, 9.17) is 14.2 Å². The van der Waals surface area contributed by atoms with Crippen LogP contribution in [0.2, 0.25) is 0 Å². The fourth-order valence-corrected chi connectivity index (χ4v) is 8.24. The molecule has 0 rings (SSSR count). The summed E-state index contributed by atoms with van der Waals surface area (Å²) >= 11 is 0.